The maximum atomic E-state index is 13.7. The van der Waals surface area contributed by atoms with Crippen LogP contribution in [-0.4, -0.2) is 61.0 Å². The number of benzene rings is 2. The summed E-state index contributed by atoms with van der Waals surface area (Å²) < 4.78 is 20.8. The highest BCUT2D eigenvalue weighted by atomic mass is 32.2. The maximum Gasteiger partial charge on any atom is 0.272 e. The van der Waals surface area contributed by atoms with E-state index in [1.54, 1.807) is 7.11 Å². The van der Waals surface area contributed by atoms with E-state index in [9.17, 15) is 14.1 Å². The van der Waals surface area contributed by atoms with Crippen LogP contribution in [0.25, 0.3) is 22.4 Å². The molecule has 1 fully saturated rings. The van der Waals surface area contributed by atoms with Gasteiger partial charge in [0.1, 0.15) is 22.4 Å². The Balaban J connectivity index is 1.67. The normalized spacial score (nSPS) is 18.4. The lowest BCUT2D eigenvalue weighted by atomic mass is 9.93. The number of hydrogen-bond acceptors (Lipinski definition) is 5. The first-order chi connectivity index (χ1) is 19.2. The number of para-hydroxylation sites is 1. The zero-order chi connectivity index (χ0) is 28.4. The van der Waals surface area contributed by atoms with E-state index in [1.165, 1.54) is 0 Å². The number of methoxy groups -OCH3 is 1. The van der Waals surface area contributed by atoms with E-state index in [4.69, 9.17) is 9.72 Å². The van der Waals surface area contributed by atoms with Crippen molar-refractivity contribution in [2.45, 2.75) is 63.8 Å². The Hall–Kier alpha value is -3.07. The Morgan fingerprint density at radius 2 is 1.77 bits per heavy atom. The number of piperidine rings is 1. The van der Waals surface area contributed by atoms with Crippen LogP contribution in [-0.2, 0) is 17.5 Å². The third kappa shape index (κ3) is 5.57. The van der Waals surface area contributed by atoms with Crippen LogP contribution in [0.5, 0.6) is 5.75 Å². The Kier molecular flexibility index (Phi) is 8.40. The second-order valence-corrected chi connectivity index (χ2v) is 13.7. The van der Waals surface area contributed by atoms with Crippen molar-refractivity contribution in [2.24, 2.45) is 0 Å². The summed E-state index contributed by atoms with van der Waals surface area (Å²) in [5.74, 6) is 0.718. The van der Waals surface area contributed by atoms with Gasteiger partial charge >= 0.3 is 0 Å². The molecule has 212 valence electrons. The number of likely N-dealkylation sites (tertiary alicyclic amines) is 1. The molecule has 2 aromatic carbocycles. The van der Waals surface area contributed by atoms with Crippen LogP contribution in [0.15, 0.2) is 54.6 Å². The third-order valence-electron chi connectivity index (χ3n) is 7.71. The Morgan fingerprint density at radius 3 is 2.48 bits per heavy atom. The largest absolute Gasteiger partial charge is 0.496 e. The molecular formula is C32H39N3O4S. The van der Waals surface area contributed by atoms with E-state index >= 15 is 0 Å². The van der Waals surface area contributed by atoms with Gasteiger partial charge in [-0.05, 0) is 75.8 Å². The molecule has 5 rings (SSSR count). The molecule has 40 heavy (non-hydrogen) atoms. The fourth-order valence-electron chi connectivity index (χ4n) is 5.77. The van der Waals surface area contributed by atoms with Crippen molar-refractivity contribution in [3.05, 3.63) is 71.4 Å². The van der Waals surface area contributed by atoms with Gasteiger partial charge < -0.3 is 14.7 Å². The zero-order valence-electron chi connectivity index (χ0n) is 23.9. The van der Waals surface area contributed by atoms with Gasteiger partial charge in [0.25, 0.3) is 5.91 Å². The molecule has 2 aliphatic heterocycles. The zero-order valence-corrected chi connectivity index (χ0v) is 24.7. The van der Waals surface area contributed by atoms with Crippen LogP contribution in [0.1, 0.15) is 74.1 Å². The molecule has 1 aromatic heterocycles. The lowest BCUT2D eigenvalue weighted by molar-refractivity contribution is 0.0718. The fraction of sp³-hybridized carbons (Fsp3) is 0.438. The van der Waals surface area contributed by atoms with Gasteiger partial charge in [0.15, 0.2) is 0 Å². The van der Waals surface area contributed by atoms with Crippen molar-refractivity contribution < 1.29 is 18.8 Å². The Bertz CT molecular complexity index is 1410. The van der Waals surface area contributed by atoms with Crippen molar-refractivity contribution in [3.63, 3.8) is 0 Å². The molecule has 1 saturated heterocycles. The molecule has 0 spiro atoms. The Morgan fingerprint density at radius 1 is 1.05 bits per heavy atom. The number of carbonyl (C=O) groups is 1. The molecule has 7 nitrogen and oxygen atoms in total. The van der Waals surface area contributed by atoms with E-state index in [2.05, 4.69) is 6.07 Å². The quantitative estimate of drug-likeness (QED) is 0.397. The highest BCUT2D eigenvalue weighted by molar-refractivity contribution is 7.84. The van der Waals surface area contributed by atoms with Crippen molar-refractivity contribution in [1.29, 1.82) is 0 Å². The number of hydrogen-bond donors (Lipinski definition) is 1. The molecule has 0 saturated carbocycles. The number of aliphatic hydroxyl groups excluding tert-OH is 1. The number of nitrogens with zero attached hydrogens (tertiary/aromatic N) is 3. The third-order valence-corrected chi connectivity index (χ3v) is 9.56. The molecule has 3 heterocycles. The summed E-state index contributed by atoms with van der Waals surface area (Å²) in [6.45, 7) is 7.76. The SMILES string of the molecule is COc1ccccc1-c1cccc(-c2nc(C(=O)N3CCCCC3)cc3c2[C@@H](CCO)N([S@](=O)C(C)(C)C)C3)c1. The van der Waals surface area contributed by atoms with Gasteiger partial charge in [-0.1, -0.05) is 36.4 Å². The number of aliphatic hydroxyl groups is 1. The van der Waals surface area contributed by atoms with E-state index in [-0.39, 0.29) is 18.6 Å². The summed E-state index contributed by atoms with van der Waals surface area (Å²) in [4.78, 5) is 20.6. The maximum absolute atomic E-state index is 13.7. The number of pyridine rings is 1. The first-order valence-electron chi connectivity index (χ1n) is 14.1. The van der Waals surface area contributed by atoms with Crippen LogP contribution in [0.2, 0.25) is 0 Å². The van der Waals surface area contributed by atoms with Gasteiger partial charge in [-0.3, -0.25) is 4.79 Å². The first kappa shape index (κ1) is 28.5. The monoisotopic (exact) mass is 561 g/mol. The first-order valence-corrected chi connectivity index (χ1v) is 15.2. The summed E-state index contributed by atoms with van der Waals surface area (Å²) in [6, 6.07) is 17.6. The number of carbonyl (C=O) groups excluding carboxylic acids is 1. The van der Waals surface area contributed by atoms with Crippen molar-refractivity contribution in [2.75, 3.05) is 26.8 Å². The van der Waals surface area contributed by atoms with E-state index < -0.39 is 15.7 Å². The van der Waals surface area contributed by atoms with Gasteiger partial charge in [0.05, 0.1) is 23.6 Å². The molecule has 0 unspecified atom stereocenters. The average Bonchev–Trinajstić information content (AvgIpc) is 3.34. The smallest absolute Gasteiger partial charge is 0.272 e. The molecule has 1 N–H and O–H groups in total. The lowest BCUT2D eigenvalue weighted by Gasteiger charge is -2.30. The molecular weight excluding hydrogens is 522 g/mol. The summed E-state index contributed by atoms with van der Waals surface area (Å²) in [5.41, 5.74) is 5.84. The number of amides is 1. The molecule has 2 aliphatic rings. The van der Waals surface area contributed by atoms with Crippen LogP contribution in [0.3, 0.4) is 0 Å². The minimum atomic E-state index is -1.31. The second kappa shape index (κ2) is 11.8. The number of ether oxygens (including phenoxy) is 1. The van der Waals surface area contributed by atoms with Gasteiger partial charge in [-0.2, -0.15) is 0 Å². The van der Waals surface area contributed by atoms with Gasteiger partial charge in [0.2, 0.25) is 0 Å². The van der Waals surface area contributed by atoms with Crippen LogP contribution < -0.4 is 4.74 Å². The number of aromatic nitrogens is 1. The van der Waals surface area contributed by atoms with Gasteiger partial charge in [-0.15, -0.1) is 0 Å². The molecule has 8 heteroatoms. The highest BCUT2D eigenvalue weighted by Crippen LogP contribution is 2.44. The summed E-state index contributed by atoms with van der Waals surface area (Å²) in [6.07, 6.45) is 3.57. The van der Waals surface area contributed by atoms with E-state index in [1.807, 2.05) is 78.5 Å². The summed E-state index contributed by atoms with van der Waals surface area (Å²) >= 11 is 0. The Labute approximate surface area is 239 Å². The van der Waals surface area contributed by atoms with E-state index in [0.29, 0.717) is 24.4 Å². The highest BCUT2D eigenvalue weighted by Gasteiger charge is 2.40. The minimum Gasteiger partial charge on any atom is -0.496 e. The van der Waals surface area contributed by atoms with Crippen LogP contribution in [0, 0.1) is 0 Å². The second-order valence-electron chi connectivity index (χ2n) is 11.5. The predicted octanol–water partition coefficient (Wildman–Crippen LogP) is 5.75. The number of rotatable bonds is 7. The molecule has 0 radical (unpaired) electrons. The minimum absolute atomic E-state index is 0.0445. The number of fused-ring (bicyclic) bond motifs is 1. The molecule has 3 aromatic rings. The van der Waals surface area contributed by atoms with Gasteiger partial charge in [0, 0.05) is 42.9 Å². The van der Waals surface area contributed by atoms with E-state index in [0.717, 1.165) is 65.9 Å². The standard InChI is InChI=1S/C32H39N3O4S/c1-32(2,3)40(38)35-21-24-20-26(31(37)34-16-8-5-9-17-34)33-30(29(24)27(35)15-18-36)23-12-10-11-22(19-23)25-13-6-7-14-28(25)39-4/h6-7,10-14,19-20,27,36H,5,8-9,15-18,21H2,1-4H3/t27-,40-/m1/s1. The molecule has 1 amide bonds. The molecule has 2 atom stereocenters. The van der Waals surface area contributed by atoms with Crippen LogP contribution in [0.4, 0.5) is 0 Å². The van der Waals surface area contributed by atoms with Crippen molar-refractivity contribution in [1.82, 2.24) is 14.2 Å². The lowest BCUT2D eigenvalue weighted by Crippen LogP contribution is -2.36. The van der Waals surface area contributed by atoms with Crippen molar-refractivity contribution >= 4 is 16.9 Å². The fourth-order valence-corrected chi connectivity index (χ4v) is 7.18. The van der Waals surface area contributed by atoms with Crippen molar-refractivity contribution in [3.8, 4) is 28.1 Å². The topological polar surface area (TPSA) is 83.0 Å². The predicted molar refractivity (Wildman–Crippen MR) is 159 cm³/mol. The molecule has 0 bridgehead atoms. The molecule has 0 aliphatic carbocycles. The van der Waals surface area contributed by atoms with Gasteiger partial charge in [-0.25, -0.2) is 13.5 Å². The summed E-state index contributed by atoms with van der Waals surface area (Å²) in [7, 11) is 0.350. The average molecular weight is 562 g/mol. The summed E-state index contributed by atoms with van der Waals surface area (Å²) in [5, 5.41) is 10.1. The van der Waals surface area contributed by atoms with Crippen LogP contribution >= 0.6 is 0 Å².